The summed E-state index contributed by atoms with van der Waals surface area (Å²) in [6.45, 7) is 0.581. The highest BCUT2D eigenvalue weighted by Crippen LogP contribution is 2.38. The Labute approximate surface area is 195 Å². The normalized spacial score (nSPS) is 12.3. The number of carbonyl (C=O) groups is 1. The molecular weight excluding hydrogens is 430 g/mol. The van der Waals surface area contributed by atoms with Crippen molar-refractivity contribution >= 4 is 27.7 Å². The molecule has 7 nitrogen and oxygen atoms in total. The fourth-order valence-electron chi connectivity index (χ4n) is 4.23. The predicted molar refractivity (Wildman–Crippen MR) is 129 cm³/mol. The highest BCUT2D eigenvalue weighted by molar-refractivity contribution is 6.13. The van der Waals surface area contributed by atoms with Crippen molar-refractivity contribution in [2.24, 2.45) is 0 Å². The molecule has 0 atom stereocenters. The third-order valence-corrected chi connectivity index (χ3v) is 5.99. The maximum Gasteiger partial charge on any atom is 0.270 e. The number of aromatic nitrogens is 2. The van der Waals surface area contributed by atoms with E-state index in [9.17, 15) is 4.79 Å². The first-order valence-corrected chi connectivity index (χ1v) is 10.9. The fraction of sp³-hybridized carbons (Fsp3) is 0.111. The summed E-state index contributed by atoms with van der Waals surface area (Å²) in [5.41, 5.74) is 4.69. The zero-order valence-electron chi connectivity index (χ0n) is 18.4. The number of ether oxygens (including phenoxy) is 3. The molecule has 3 heterocycles. The first-order chi connectivity index (χ1) is 16.7. The second-order valence-electron chi connectivity index (χ2n) is 8.05. The lowest BCUT2D eigenvalue weighted by molar-refractivity contribution is 0.0946. The Morgan fingerprint density at radius 3 is 2.68 bits per heavy atom. The number of methoxy groups -OCH3 is 1. The van der Waals surface area contributed by atoms with Crippen LogP contribution in [-0.4, -0.2) is 29.8 Å². The van der Waals surface area contributed by atoms with E-state index in [1.54, 1.807) is 7.11 Å². The van der Waals surface area contributed by atoms with E-state index < -0.39 is 0 Å². The van der Waals surface area contributed by atoms with Crippen molar-refractivity contribution in [3.05, 3.63) is 84.1 Å². The van der Waals surface area contributed by atoms with Gasteiger partial charge in [-0.25, -0.2) is 4.98 Å². The Kier molecular flexibility index (Phi) is 4.80. The number of H-pyrrole nitrogens is 1. The highest BCUT2D eigenvalue weighted by atomic mass is 16.7. The van der Waals surface area contributed by atoms with E-state index in [0.29, 0.717) is 29.4 Å². The van der Waals surface area contributed by atoms with E-state index in [2.05, 4.69) is 10.3 Å². The zero-order valence-corrected chi connectivity index (χ0v) is 18.4. The molecule has 0 aliphatic carbocycles. The molecule has 0 bridgehead atoms. The molecule has 2 N–H and O–H groups in total. The number of nitrogens with zero attached hydrogens (tertiary/aromatic N) is 1. The maximum absolute atomic E-state index is 13.2. The standard InChI is InChI=1S/C27H21N3O4/c1-32-18-9-6-16(7-10-18)14-28-27(31)22-13-20-19-4-2-3-5-21(19)29-26(20)25(30-22)17-8-11-23-24(12-17)34-15-33-23/h2-13,29H,14-15H2,1H3,(H,28,31). The summed E-state index contributed by atoms with van der Waals surface area (Å²) in [6.07, 6.45) is 0. The van der Waals surface area contributed by atoms with Crippen LogP contribution < -0.4 is 19.5 Å². The molecular formula is C27H21N3O4. The third-order valence-electron chi connectivity index (χ3n) is 5.99. The van der Waals surface area contributed by atoms with Crippen LogP contribution in [0.3, 0.4) is 0 Å². The summed E-state index contributed by atoms with van der Waals surface area (Å²) in [6, 6.07) is 23.1. The minimum absolute atomic E-state index is 0.196. The van der Waals surface area contributed by atoms with Gasteiger partial charge in [-0.05, 0) is 48.0 Å². The number of rotatable bonds is 5. The van der Waals surface area contributed by atoms with Gasteiger partial charge in [0.25, 0.3) is 5.91 Å². The number of fused-ring (bicyclic) bond motifs is 4. The molecule has 2 aromatic heterocycles. The SMILES string of the molecule is COc1ccc(CNC(=O)c2cc3c([nH]c4ccccc43)c(-c3ccc4c(c3)OCO4)n2)cc1. The number of hydrogen-bond acceptors (Lipinski definition) is 5. The van der Waals surface area contributed by atoms with Gasteiger partial charge in [-0.1, -0.05) is 30.3 Å². The molecule has 7 heteroatoms. The van der Waals surface area contributed by atoms with Crippen molar-refractivity contribution in [1.29, 1.82) is 0 Å². The zero-order chi connectivity index (χ0) is 23.1. The summed E-state index contributed by atoms with van der Waals surface area (Å²) in [4.78, 5) is 21.4. The topological polar surface area (TPSA) is 85.5 Å². The second kappa shape index (κ2) is 8.12. The highest BCUT2D eigenvalue weighted by Gasteiger charge is 2.20. The molecule has 168 valence electrons. The number of amides is 1. The van der Waals surface area contributed by atoms with E-state index in [-0.39, 0.29) is 12.7 Å². The Hall–Kier alpha value is -4.52. The van der Waals surface area contributed by atoms with E-state index in [1.807, 2.05) is 72.8 Å². The van der Waals surface area contributed by atoms with Gasteiger partial charge in [0.05, 0.1) is 18.3 Å². The first-order valence-electron chi connectivity index (χ1n) is 10.9. The average molecular weight is 451 g/mol. The van der Waals surface area contributed by atoms with Crippen LogP contribution in [0.5, 0.6) is 17.2 Å². The Morgan fingerprint density at radius 2 is 1.82 bits per heavy atom. The van der Waals surface area contributed by atoms with Gasteiger partial charge in [-0.15, -0.1) is 0 Å². The minimum Gasteiger partial charge on any atom is -0.497 e. The van der Waals surface area contributed by atoms with Gasteiger partial charge in [0.1, 0.15) is 11.4 Å². The van der Waals surface area contributed by atoms with Crippen molar-refractivity contribution in [3.8, 4) is 28.5 Å². The van der Waals surface area contributed by atoms with E-state index in [0.717, 1.165) is 38.7 Å². The lowest BCUT2D eigenvalue weighted by Crippen LogP contribution is -2.24. The first kappa shape index (κ1) is 20.1. The lowest BCUT2D eigenvalue weighted by Gasteiger charge is -2.10. The number of aromatic amines is 1. The number of para-hydroxylation sites is 1. The summed E-state index contributed by atoms with van der Waals surface area (Å²) >= 11 is 0. The maximum atomic E-state index is 13.2. The van der Waals surface area contributed by atoms with Gasteiger partial charge in [0, 0.05) is 28.4 Å². The molecule has 0 unspecified atom stereocenters. The van der Waals surface area contributed by atoms with Crippen LogP contribution in [0.15, 0.2) is 72.8 Å². The van der Waals surface area contributed by atoms with Crippen LogP contribution in [0, 0.1) is 0 Å². The van der Waals surface area contributed by atoms with Gasteiger partial charge in [-0.2, -0.15) is 0 Å². The van der Waals surface area contributed by atoms with Crippen LogP contribution in [-0.2, 0) is 6.54 Å². The number of nitrogens with one attached hydrogen (secondary N) is 2. The van der Waals surface area contributed by atoms with Crippen LogP contribution in [0.1, 0.15) is 16.1 Å². The number of carbonyl (C=O) groups excluding carboxylic acids is 1. The van der Waals surface area contributed by atoms with Crippen LogP contribution in [0.25, 0.3) is 33.1 Å². The van der Waals surface area contributed by atoms with E-state index >= 15 is 0 Å². The van der Waals surface area contributed by atoms with Gasteiger partial charge >= 0.3 is 0 Å². The van der Waals surface area contributed by atoms with Crippen LogP contribution in [0.2, 0.25) is 0 Å². The summed E-state index contributed by atoms with van der Waals surface area (Å²) in [5.74, 6) is 1.89. The molecule has 3 aromatic carbocycles. The molecule has 5 aromatic rings. The summed E-state index contributed by atoms with van der Waals surface area (Å²) < 4.78 is 16.2. The van der Waals surface area contributed by atoms with Gasteiger partial charge in [-0.3, -0.25) is 4.79 Å². The van der Waals surface area contributed by atoms with Gasteiger partial charge in [0.2, 0.25) is 6.79 Å². The molecule has 0 saturated heterocycles. The monoisotopic (exact) mass is 451 g/mol. The number of hydrogen-bond donors (Lipinski definition) is 2. The number of benzene rings is 3. The molecule has 1 aliphatic rings. The van der Waals surface area contributed by atoms with Crippen molar-refractivity contribution in [1.82, 2.24) is 15.3 Å². The van der Waals surface area contributed by atoms with Crippen molar-refractivity contribution in [2.45, 2.75) is 6.54 Å². The van der Waals surface area contributed by atoms with Crippen LogP contribution >= 0.6 is 0 Å². The molecule has 1 aliphatic heterocycles. The molecule has 0 spiro atoms. The second-order valence-corrected chi connectivity index (χ2v) is 8.05. The Balaban J connectivity index is 1.41. The molecule has 6 rings (SSSR count). The van der Waals surface area contributed by atoms with Crippen molar-refractivity contribution in [3.63, 3.8) is 0 Å². The average Bonchev–Trinajstić information content (AvgIpc) is 3.51. The third kappa shape index (κ3) is 3.47. The Morgan fingerprint density at radius 1 is 1.00 bits per heavy atom. The molecule has 1 amide bonds. The van der Waals surface area contributed by atoms with Gasteiger partial charge < -0.3 is 24.5 Å². The minimum atomic E-state index is -0.245. The van der Waals surface area contributed by atoms with Gasteiger partial charge in [0.15, 0.2) is 11.5 Å². The van der Waals surface area contributed by atoms with Crippen molar-refractivity contribution < 1.29 is 19.0 Å². The largest absolute Gasteiger partial charge is 0.497 e. The summed E-state index contributed by atoms with van der Waals surface area (Å²) in [5, 5.41) is 4.95. The quantitative estimate of drug-likeness (QED) is 0.391. The Bertz CT molecular complexity index is 1540. The van der Waals surface area contributed by atoms with Crippen molar-refractivity contribution in [2.75, 3.05) is 13.9 Å². The fourth-order valence-corrected chi connectivity index (χ4v) is 4.23. The molecule has 0 fully saturated rings. The molecule has 0 radical (unpaired) electrons. The smallest absolute Gasteiger partial charge is 0.270 e. The van der Waals surface area contributed by atoms with Crippen LogP contribution in [0.4, 0.5) is 0 Å². The number of pyridine rings is 1. The summed E-state index contributed by atoms with van der Waals surface area (Å²) in [7, 11) is 1.63. The van der Waals surface area contributed by atoms with E-state index in [1.165, 1.54) is 0 Å². The lowest BCUT2D eigenvalue weighted by atomic mass is 10.1. The van der Waals surface area contributed by atoms with E-state index in [4.69, 9.17) is 19.2 Å². The molecule has 0 saturated carbocycles. The molecule has 34 heavy (non-hydrogen) atoms. The predicted octanol–water partition coefficient (Wildman–Crippen LogP) is 5.05.